The number of hydrogen-bond donors (Lipinski definition) is 3. The molecule has 1 rings (SSSR count). The molecule has 0 aromatic carbocycles. The van der Waals surface area contributed by atoms with E-state index in [2.05, 4.69) is 17.8 Å². The molecule has 2 atom stereocenters. The van der Waals surface area contributed by atoms with Gasteiger partial charge in [-0.05, 0) is 6.92 Å². The fourth-order valence-corrected chi connectivity index (χ4v) is 1.56. The number of thiocarbonyl (C=S) groups is 1. The molecule has 0 fully saturated rings. The second-order valence-corrected chi connectivity index (χ2v) is 3.65. The number of nitrogens with one attached hydrogen (secondary N) is 1. The lowest BCUT2D eigenvalue weighted by Crippen LogP contribution is -2.65. The van der Waals surface area contributed by atoms with Crippen molar-refractivity contribution in [2.24, 2.45) is 11.6 Å². The minimum Gasteiger partial charge on any atom is -0.322 e. The lowest BCUT2D eigenvalue weighted by atomic mass is 9.88. The van der Waals surface area contributed by atoms with Crippen LogP contribution >= 0.6 is 12.2 Å². The van der Waals surface area contributed by atoms with Gasteiger partial charge in [0.2, 0.25) is 0 Å². The Balaban J connectivity index is 3.01. The summed E-state index contributed by atoms with van der Waals surface area (Å²) in [6.07, 6.45) is 7.22. The molecule has 2 unspecified atom stereocenters. The van der Waals surface area contributed by atoms with E-state index >= 15 is 0 Å². The first-order valence-corrected chi connectivity index (χ1v) is 4.90. The molecule has 1 aliphatic carbocycles. The van der Waals surface area contributed by atoms with Crippen molar-refractivity contribution in [2.75, 3.05) is 0 Å². The Morgan fingerprint density at radius 2 is 2.33 bits per heavy atom. The molecule has 5 N–H and O–H groups in total. The Hall–Kier alpha value is -1.08. The van der Waals surface area contributed by atoms with E-state index < -0.39 is 11.4 Å². The third-order valence-corrected chi connectivity index (χ3v) is 2.67. The van der Waals surface area contributed by atoms with Crippen LogP contribution in [0.3, 0.4) is 0 Å². The predicted octanol–water partition coefficient (Wildman–Crippen LogP) is -0.595. The summed E-state index contributed by atoms with van der Waals surface area (Å²) in [6, 6.07) is -0.336. The van der Waals surface area contributed by atoms with Gasteiger partial charge in [-0.25, -0.2) is 5.01 Å². The molecule has 0 saturated carbocycles. The highest BCUT2D eigenvalue weighted by molar-refractivity contribution is 7.80. The van der Waals surface area contributed by atoms with Crippen molar-refractivity contribution in [2.45, 2.75) is 18.5 Å². The first-order valence-electron chi connectivity index (χ1n) is 4.43. The van der Waals surface area contributed by atoms with Gasteiger partial charge in [0.1, 0.15) is 0 Å². The Bertz CT molecular complexity index is 328. The van der Waals surface area contributed by atoms with Gasteiger partial charge in [0.25, 0.3) is 5.91 Å². The maximum absolute atomic E-state index is 11.5. The van der Waals surface area contributed by atoms with Crippen LogP contribution in [0.2, 0.25) is 0 Å². The summed E-state index contributed by atoms with van der Waals surface area (Å²) in [4.78, 5) is 11.5. The summed E-state index contributed by atoms with van der Waals surface area (Å²) < 4.78 is 0. The van der Waals surface area contributed by atoms with Crippen molar-refractivity contribution in [1.82, 2.24) is 10.5 Å². The van der Waals surface area contributed by atoms with E-state index in [1.807, 2.05) is 12.2 Å². The van der Waals surface area contributed by atoms with Gasteiger partial charge in [0, 0.05) is 0 Å². The predicted molar refractivity (Wildman–Crippen MR) is 62.5 cm³/mol. The molecular weight excluding hydrogens is 212 g/mol. The van der Waals surface area contributed by atoms with Crippen LogP contribution in [-0.2, 0) is 4.79 Å². The van der Waals surface area contributed by atoms with Crippen molar-refractivity contribution in [3.63, 3.8) is 0 Å². The standard InChI is InChI=1S/C9H14N4OS/c1-9(5-3-2-4-7(9)10)13(12-11)8(14)6-15/h2-7,12H,10-11H2,1H3. The van der Waals surface area contributed by atoms with Gasteiger partial charge in [-0.2, -0.15) is 5.53 Å². The zero-order valence-corrected chi connectivity index (χ0v) is 9.20. The fourth-order valence-electron chi connectivity index (χ4n) is 1.46. The van der Waals surface area contributed by atoms with Crippen LogP contribution in [0.25, 0.3) is 0 Å². The monoisotopic (exact) mass is 226 g/mol. The van der Waals surface area contributed by atoms with Crippen LogP contribution in [0.15, 0.2) is 24.3 Å². The molecule has 0 aromatic rings. The summed E-state index contributed by atoms with van der Waals surface area (Å²) in [5.74, 6) is 4.91. The molecule has 82 valence electrons. The zero-order chi connectivity index (χ0) is 11.5. The first kappa shape index (κ1) is 12.0. The minimum absolute atomic E-state index is 0.336. The number of rotatable bonds is 3. The summed E-state index contributed by atoms with van der Waals surface area (Å²) >= 11 is 4.58. The zero-order valence-electron chi connectivity index (χ0n) is 8.38. The Morgan fingerprint density at radius 3 is 2.80 bits per heavy atom. The lowest BCUT2D eigenvalue weighted by Gasteiger charge is -2.41. The van der Waals surface area contributed by atoms with E-state index in [-0.39, 0.29) is 6.04 Å². The molecule has 0 radical (unpaired) electrons. The molecule has 6 heteroatoms. The Morgan fingerprint density at radius 1 is 1.67 bits per heavy atom. The number of nitrogens with zero attached hydrogens (tertiary/aromatic N) is 1. The summed E-state index contributed by atoms with van der Waals surface area (Å²) in [5, 5.41) is 2.23. The van der Waals surface area contributed by atoms with E-state index in [1.54, 1.807) is 19.1 Å². The molecular formula is C9H14N4OS. The van der Waals surface area contributed by atoms with Gasteiger partial charge >= 0.3 is 0 Å². The summed E-state index contributed by atoms with van der Waals surface area (Å²) in [5.41, 5.74) is 7.51. The molecule has 0 heterocycles. The smallest absolute Gasteiger partial charge is 0.273 e. The van der Waals surface area contributed by atoms with Crippen LogP contribution in [-0.4, -0.2) is 27.9 Å². The second-order valence-electron chi connectivity index (χ2n) is 3.42. The quantitative estimate of drug-likeness (QED) is 0.340. The molecule has 1 amide bonds. The van der Waals surface area contributed by atoms with Crippen LogP contribution < -0.4 is 17.1 Å². The van der Waals surface area contributed by atoms with Crippen LogP contribution in [0, 0.1) is 0 Å². The largest absolute Gasteiger partial charge is 0.322 e. The number of hydrogen-bond acceptors (Lipinski definition) is 5. The number of hydrazine groups is 2. The number of carbonyl (C=O) groups excluding carboxylic acids is 1. The molecule has 0 bridgehead atoms. The Labute approximate surface area is 93.7 Å². The molecule has 0 aliphatic heterocycles. The van der Waals surface area contributed by atoms with Crippen molar-refractivity contribution >= 4 is 23.5 Å². The van der Waals surface area contributed by atoms with Gasteiger partial charge in [0.15, 0.2) is 0 Å². The van der Waals surface area contributed by atoms with E-state index in [0.29, 0.717) is 0 Å². The molecule has 0 aromatic heterocycles. The second kappa shape index (κ2) is 4.63. The van der Waals surface area contributed by atoms with Gasteiger partial charge in [-0.15, -0.1) is 0 Å². The maximum Gasteiger partial charge on any atom is 0.273 e. The number of nitrogens with two attached hydrogens (primary N) is 2. The van der Waals surface area contributed by atoms with Gasteiger partial charge in [0.05, 0.1) is 16.9 Å². The van der Waals surface area contributed by atoms with E-state index in [0.717, 1.165) is 5.37 Å². The van der Waals surface area contributed by atoms with E-state index in [4.69, 9.17) is 11.6 Å². The SMILES string of the molecule is CC1(N(NN)C(=O)C=S)C=CC=CC1N. The third kappa shape index (κ3) is 2.13. The highest BCUT2D eigenvalue weighted by Gasteiger charge is 2.37. The summed E-state index contributed by atoms with van der Waals surface area (Å²) in [6.45, 7) is 1.80. The lowest BCUT2D eigenvalue weighted by molar-refractivity contribution is -0.132. The maximum atomic E-state index is 11.5. The molecule has 0 saturated heterocycles. The highest BCUT2D eigenvalue weighted by Crippen LogP contribution is 2.22. The molecule has 5 nitrogen and oxygen atoms in total. The molecule has 15 heavy (non-hydrogen) atoms. The average Bonchev–Trinajstić information content (AvgIpc) is 2.23. The van der Waals surface area contributed by atoms with E-state index in [9.17, 15) is 4.79 Å². The third-order valence-electron chi connectivity index (χ3n) is 2.47. The van der Waals surface area contributed by atoms with E-state index in [1.165, 1.54) is 5.01 Å². The van der Waals surface area contributed by atoms with Crippen molar-refractivity contribution in [1.29, 1.82) is 0 Å². The first-order chi connectivity index (χ1) is 7.06. The number of allylic oxidation sites excluding steroid dienone is 2. The highest BCUT2D eigenvalue weighted by atomic mass is 32.1. The van der Waals surface area contributed by atoms with Crippen LogP contribution in [0.4, 0.5) is 0 Å². The normalized spacial score (nSPS) is 28.9. The topological polar surface area (TPSA) is 84.4 Å². The van der Waals surface area contributed by atoms with Crippen molar-refractivity contribution in [3.05, 3.63) is 24.3 Å². The Kier molecular flexibility index (Phi) is 3.70. The van der Waals surface area contributed by atoms with Crippen LogP contribution in [0.1, 0.15) is 6.92 Å². The van der Waals surface area contributed by atoms with Crippen molar-refractivity contribution in [3.8, 4) is 0 Å². The number of amides is 1. The fraction of sp³-hybridized carbons (Fsp3) is 0.333. The average molecular weight is 226 g/mol. The van der Waals surface area contributed by atoms with Gasteiger partial charge in [-0.3, -0.25) is 10.6 Å². The van der Waals surface area contributed by atoms with Gasteiger partial charge in [-0.1, -0.05) is 36.5 Å². The molecule has 1 aliphatic rings. The van der Waals surface area contributed by atoms with Gasteiger partial charge < -0.3 is 5.73 Å². The van der Waals surface area contributed by atoms with Crippen LogP contribution in [0.5, 0.6) is 0 Å². The summed E-state index contributed by atoms with van der Waals surface area (Å²) in [7, 11) is 0. The number of carbonyl (C=O) groups is 1. The van der Waals surface area contributed by atoms with Crippen molar-refractivity contribution < 1.29 is 4.79 Å². The molecule has 0 spiro atoms. The minimum atomic E-state index is -0.712.